The number of amides is 2. The van der Waals surface area contributed by atoms with Crippen LogP contribution in [-0.2, 0) is 9.47 Å². The molecule has 4 heterocycles. The van der Waals surface area contributed by atoms with E-state index >= 15 is 0 Å². The molecule has 0 saturated carbocycles. The average Bonchev–Trinajstić information content (AvgIpc) is 3.47. The number of nitrogens with zero attached hydrogens (tertiary/aromatic N) is 5. The number of carbonyl (C=O) groups is 2. The molecule has 51 heavy (non-hydrogen) atoms. The van der Waals surface area contributed by atoms with Gasteiger partial charge in [-0.3, -0.25) is 0 Å². The molecule has 13 heteroatoms. The lowest BCUT2D eigenvalue weighted by atomic mass is 9.88. The molecule has 0 bridgehead atoms. The lowest BCUT2D eigenvalue weighted by Crippen LogP contribution is -2.49. The Labute approximate surface area is 302 Å². The van der Waals surface area contributed by atoms with Crippen LogP contribution in [-0.4, -0.2) is 83.5 Å². The number of rotatable bonds is 10. The van der Waals surface area contributed by atoms with E-state index in [1.807, 2.05) is 57.2 Å². The van der Waals surface area contributed by atoms with Crippen molar-refractivity contribution in [2.24, 2.45) is 5.41 Å². The summed E-state index contributed by atoms with van der Waals surface area (Å²) in [6.07, 6.45) is 3.58. The Hall–Kier alpha value is -4.65. The third kappa shape index (κ3) is 11.2. The van der Waals surface area contributed by atoms with Gasteiger partial charge < -0.3 is 34.9 Å². The summed E-state index contributed by atoms with van der Waals surface area (Å²) in [7, 11) is -1.24. The highest BCUT2D eigenvalue weighted by molar-refractivity contribution is 6.76. The molecule has 1 saturated heterocycles. The normalized spacial score (nSPS) is 14.7. The molecule has 1 fully saturated rings. The van der Waals surface area contributed by atoms with E-state index in [0.29, 0.717) is 50.8 Å². The topological polar surface area (TPSA) is 138 Å². The highest BCUT2D eigenvalue weighted by atomic mass is 28.3. The predicted molar refractivity (Wildman–Crippen MR) is 206 cm³/mol. The van der Waals surface area contributed by atoms with Crippen molar-refractivity contribution < 1.29 is 19.1 Å². The van der Waals surface area contributed by atoms with Gasteiger partial charge in [-0.25, -0.2) is 24.5 Å². The Bertz CT molecular complexity index is 1800. The molecular weight excluding hydrogens is 661 g/mol. The van der Waals surface area contributed by atoms with Gasteiger partial charge in [0.05, 0.1) is 35.6 Å². The molecule has 3 aromatic heterocycles. The van der Waals surface area contributed by atoms with Crippen molar-refractivity contribution in [3.8, 4) is 11.1 Å². The van der Waals surface area contributed by atoms with Crippen LogP contribution in [0.25, 0.3) is 22.2 Å². The van der Waals surface area contributed by atoms with Crippen LogP contribution in [0.15, 0.2) is 54.9 Å². The summed E-state index contributed by atoms with van der Waals surface area (Å²) in [6, 6.07) is 14.7. The molecule has 4 aromatic rings. The smallest absolute Gasteiger partial charge is 0.409 e. The number of fused-ring (bicyclic) bond motifs is 1. The molecule has 1 unspecified atom stereocenters. The Morgan fingerprint density at radius 2 is 1.67 bits per heavy atom. The maximum absolute atomic E-state index is 12.7. The Morgan fingerprint density at radius 1 is 0.941 bits per heavy atom. The number of hydrogen-bond acceptors (Lipinski definition) is 9. The van der Waals surface area contributed by atoms with Crippen LogP contribution in [0.1, 0.15) is 59.8 Å². The predicted octanol–water partition coefficient (Wildman–Crippen LogP) is 8.36. The van der Waals surface area contributed by atoms with E-state index in [4.69, 9.17) is 19.4 Å². The van der Waals surface area contributed by atoms with Gasteiger partial charge in [0.2, 0.25) is 0 Å². The number of hydrogen-bond donors (Lipinski definition) is 3. The second-order valence-corrected chi connectivity index (χ2v) is 22.3. The highest BCUT2D eigenvalue weighted by Crippen LogP contribution is 2.31. The van der Waals surface area contributed by atoms with Gasteiger partial charge in [-0.05, 0) is 86.2 Å². The zero-order valence-electron chi connectivity index (χ0n) is 31.6. The zero-order chi connectivity index (χ0) is 37.0. The molecule has 3 N–H and O–H groups in total. The fourth-order valence-corrected chi connectivity index (χ4v) is 6.49. The molecule has 5 rings (SSSR count). The van der Waals surface area contributed by atoms with Crippen LogP contribution >= 0.6 is 0 Å². The molecule has 0 spiro atoms. The first-order valence-corrected chi connectivity index (χ1v) is 21.5. The number of anilines is 3. The molecule has 1 aliphatic heterocycles. The minimum Gasteiger partial charge on any atom is -0.450 e. The monoisotopic (exact) mass is 714 g/mol. The quantitative estimate of drug-likeness (QED) is 0.138. The summed E-state index contributed by atoms with van der Waals surface area (Å²) in [4.78, 5) is 46.7. The number of alkyl carbamates (subject to hydrolysis) is 1. The second-order valence-electron chi connectivity index (χ2n) is 16.7. The number of ether oxygens (including phenoxy) is 2. The largest absolute Gasteiger partial charge is 0.450 e. The molecule has 1 aromatic carbocycles. The van der Waals surface area contributed by atoms with Gasteiger partial charge in [0.25, 0.3) is 0 Å². The number of piperazine rings is 1. The van der Waals surface area contributed by atoms with E-state index in [-0.39, 0.29) is 17.6 Å². The summed E-state index contributed by atoms with van der Waals surface area (Å²) < 4.78 is 11.1. The van der Waals surface area contributed by atoms with Crippen LogP contribution < -0.4 is 15.5 Å². The lowest BCUT2D eigenvalue weighted by molar-refractivity contribution is 0.0489. The number of nitrogens with one attached hydrogen (secondary N) is 3. The summed E-state index contributed by atoms with van der Waals surface area (Å²) in [6.45, 7) is 21.9. The van der Waals surface area contributed by atoms with Crippen LogP contribution in [0.2, 0.25) is 25.7 Å². The fraction of sp³-hybridized carbons (Fsp3) is 0.500. The molecule has 12 nitrogen and oxygen atoms in total. The molecule has 274 valence electrons. The summed E-state index contributed by atoms with van der Waals surface area (Å²) in [5.41, 5.74) is 3.85. The number of pyridine rings is 2. The molecular formula is C38H54N8O4Si. The van der Waals surface area contributed by atoms with Gasteiger partial charge in [-0.15, -0.1) is 0 Å². The lowest BCUT2D eigenvalue weighted by Gasteiger charge is -2.35. The Morgan fingerprint density at radius 3 is 2.31 bits per heavy atom. The Kier molecular flexibility index (Phi) is 11.3. The van der Waals surface area contributed by atoms with E-state index < -0.39 is 19.8 Å². The first kappa shape index (κ1) is 37.6. The van der Waals surface area contributed by atoms with Crippen molar-refractivity contribution in [3.63, 3.8) is 0 Å². The van der Waals surface area contributed by atoms with E-state index in [1.54, 1.807) is 17.3 Å². The number of carbonyl (C=O) groups excluding carboxylic acids is 2. The summed E-state index contributed by atoms with van der Waals surface area (Å²) >= 11 is 0. The van der Waals surface area contributed by atoms with Crippen molar-refractivity contribution >= 4 is 48.6 Å². The van der Waals surface area contributed by atoms with Crippen LogP contribution in [0.4, 0.5) is 26.9 Å². The Balaban J connectivity index is 1.21. The van der Waals surface area contributed by atoms with E-state index in [1.165, 1.54) is 0 Å². The van der Waals surface area contributed by atoms with Gasteiger partial charge >= 0.3 is 12.2 Å². The number of aromatic amines is 1. The minimum absolute atomic E-state index is 0.0562. The molecule has 1 aliphatic rings. The van der Waals surface area contributed by atoms with Crippen LogP contribution in [0, 0.1) is 5.41 Å². The van der Waals surface area contributed by atoms with Gasteiger partial charge in [-0.2, -0.15) is 0 Å². The number of aromatic nitrogens is 4. The molecule has 1 atom stereocenters. The third-order valence-corrected chi connectivity index (χ3v) is 10.1. The standard InChI is InChI=1S/C38H54N8O4Si/c1-37(2,3)24-31(44-35(47)50-38(4,5)6)34-42-29-12-10-26(22-30(29)43-34)27-14-15-39-32(23-27)41-28-11-13-33(40-25-28)45-16-18-46(19-17-45)36(48)49-20-21-51(7,8)9/h10-15,22-23,25,31H,16-21,24H2,1-9H3,(H,39,41)(H,42,43)(H,44,47). The SMILES string of the molecule is CC(C)(C)CC(NC(=O)OC(C)(C)C)c1nc2ccc(-c3ccnc(Nc4ccc(N5CCN(C(=O)OCC[Si](C)(C)C)CC5)nc4)c3)cc2[nH]1. The van der Waals surface area contributed by atoms with E-state index in [0.717, 1.165) is 39.7 Å². The van der Waals surface area contributed by atoms with Gasteiger partial charge in [0, 0.05) is 40.4 Å². The first-order valence-electron chi connectivity index (χ1n) is 17.8. The fourth-order valence-electron chi connectivity index (χ4n) is 5.78. The maximum atomic E-state index is 12.7. The molecule has 2 amide bonds. The number of imidazole rings is 1. The van der Waals surface area contributed by atoms with E-state index in [2.05, 4.69) is 72.0 Å². The minimum atomic E-state index is -1.24. The van der Waals surface area contributed by atoms with Crippen molar-refractivity contribution in [1.29, 1.82) is 0 Å². The van der Waals surface area contributed by atoms with Crippen molar-refractivity contribution in [3.05, 3.63) is 60.7 Å². The maximum Gasteiger partial charge on any atom is 0.409 e. The molecule has 0 aliphatic carbocycles. The van der Waals surface area contributed by atoms with Gasteiger partial charge in [-0.1, -0.05) is 46.5 Å². The summed E-state index contributed by atoms with van der Waals surface area (Å²) in [5.74, 6) is 2.25. The van der Waals surface area contributed by atoms with Crippen molar-refractivity contribution in [2.75, 3.05) is 43.0 Å². The average molecular weight is 715 g/mol. The second kappa shape index (κ2) is 15.3. The van der Waals surface area contributed by atoms with Crippen LogP contribution in [0.3, 0.4) is 0 Å². The van der Waals surface area contributed by atoms with Gasteiger partial charge in [0.1, 0.15) is 23.1 Å². The highest BCUT2D eigenvalue weighted by Gasteiger charge is 2.27. The molecule has 0 radical (unpaired) electrons. The van der Waals surface area contributed by atoms with Crippen molar-refractivity contribution in [2.45, 2.75) is 85.3 Å². The number of H-pyrrole nitrogens is 1. The third-order valence-electron chi connectivity index (χ3n) is 8.39. The van der Waals surface area contributed by atoms with E-state index in [9.17, 15) is 9.59 Å². The zero-order valence-corrected chi connectivity index (χ0v) is 32.6. The van der Waals surface area contributed by atoms with Gasteiger partial charge in [0.15, 0.2) is 0 Å². The first-order chi connectivity index (χ1) is 23.9. The van der Waals surface area contributed by atoms with Crippen LogP contribution in [0.5, 0.6) is 0 Å². The summed E-state index contributed by atoms with van der Waals surface area (Å²) in [5, 5.41) is 6.40. The van der Waals surface area contributed by atoms with Crippen molar-refractivity contribution in [1.82, 2.24) is 30.2 Å². The number of benzene rings is 1.